The minimum Gasteiger partial charge on any atom is -0.496 e. The van der Waals surface area contributed by atoms with E-state index < -0.39 is 17.9 Å². The number of nitrogens with zero attached hydrogens (tertiary/aromatic N) is 1. The second-order valence-corrected chi connectivity index (χ2v) is 8.03. The molecule has 0 atom stereocenters. The van der Waals surface area contributed by atoms with E-state index in [-0.39, 0.29) is 38.4 Å². The number of methoxy groups -OCH3 is 1. The van der Waals surface area contributed by atoms with Crippen LogP contribution in [0.2, 0.25) is 0 Å². The van der Waals surface area contributed by atoms with Gasteiger partial charge in [0.1, 0.15) is 24.0 Å². The van der Waals surface area contributed by atoms with E-state index in [0.717, 1.165) is 0 Å². The fourth-order valence-corrected chi connectivity index (χ4v) is 4.09. The second-order valence-electron chi connectivity index (χ2n) is 8.03. The molecule has 9 heteroatoms. The number of rotatable bonds is 7. The Labute approximate surface area is 200 Å². The summed E-state index contributed by atoms with van der Waals surface area (Å²) >= 11 is 0. The molecule has 0 aromatic heterocycles. The van der Waals surface area contributed by atoms with Crippen molar-refractivity contribution in [2.24, 2.45) is 0 Å². The van der Waals surface area contributed by atoms with E-state index in [2.05, 4.69) is 0 Å². The normalized spacial score (nSPS) is 13.1. The number of carbonyl (C=O) groups excluding carboxylic acids is 1. The molecule has 0 unspecified atom stereocenters. The zero-order chi connectivity index (χ0) is 24.9. The summed E-state index contributed by atoms with van der Waals surface area (Å²) in [7, 11) is 1.50. The number of carbonyl (C=O) groups is 2. The van der Waals surface area contributed by atoms with Gasteiger partial charge >= 0.3 is 12.1 Å². The summed E-state index contributed by atoms with van der Waals surface area (Å²) in [6.45, 7) is 0.177. The lowest BCUT2D eigenvalue weighted by Gasteiger charge is -2.29. The molecule has 35 heavy (non-hydrogen) atoms. The summed E-state index contributed by atoms with van der Waals surface area (Å²) in [5.41, 5.74) is 3.38. The van der Waals surface area contributed by atoms with Crippen molar-refractivity contribution in [1.29, 1.82) is 0 Å². The fourth-order valence-electron chi connectivity index (χ4n) is 4.09. The molecule has 0 bridgehead atoms. The van der Waals surface area contributed by atoms with Gasteiger partial charge in [-0.2, -0.15) is 0 Å². The van der Waals surface area contributed by atoms with Crippen molar-refractivity contribution in [2.75, 3.05) is 13.7 Å². The summed E-state index contributed by atoms with van der Waals surface area (Å²) in [6.07, 6.45) is -0.854. The van der Waals surface area contributed by atoms with Crippen LogP contribution in [0.15, 0.2) is 54.6 Å². The average molecular weight is 483 g/mol. The Balaban J connectivity index is 1.55. The molecule has 1 N–H and O–H groups in total. The molecule has 0 spiro atoms. The van der Waals surface area contributed by atoms with E-state index in [9.17, 15) is 18.4 Å². The first kappa shape index (κ1) is 24.2. The number of carboxylic acids is 1. The molecule has 1 heterocycles. The first-order valence-corrected chi connectivity index (χ1v) is 10.9. The Morgan fingerprint density at radius 2 is 1.83 bits per heavy atom. The van der Waals surface area contributed by atoms with Gasteiger partial charge in [0.2, 0.25) is 0 Å². The van der Waals surface area contributed by atoms with Gasteiger partial charge in [-0.1, -0.05) is 24.3 Å². The maximum absolute atomic E-state index is 14.6. The minimum atomic E-state index is -0.974. The molecule has 0 saturated carbocycles. The van der Waals surface area contributed by atoms with Gasteiger partial charge in [0, 0.05) is 12.1 Å². The van der Waals surface area contributed by atoms with Gasteiger partial charge in [-0.3, -0.25) is 4.79 Å². The minimum absolute atomic E-state index is 0.0871. The molecule has 0 fully saturated rings. The molecule has 3 aromatic carbocycles. The quantitative estimate of drug-likeness (QED) is 0.479. The lowest BCUT2D eigenvalue weighted by Crippen LogP contribution is -2.34. The van der Waals surface area contributed by atoms with Gasteiger partial charge in [0.25, 0.3) is 0 Å². The zero-order valence-corrected chi connectivity index (χ0v) is 18.9. The van der Waals surface area contributed by atoms with Crippen molar-refractivity contribution >= 4 is 12.1 Å². The first-order valence-electron chi connectivity index (χ1n) is 10.9. The Morgan fingerprint density at radius 1 is 1.00 bits per heavy atom. The molecule has 0 aliphatic carbocycles. The number of fused-ring (bicyclic) bond motifs is 1. The van der Waals surface area contributed by atoms with Crippen molar-refractivity contribution in [2.45, 2.75) is 26.0 Å². The van der Waals surface area contributed by atoms with E-state index in [1.54, 1.807) is 30.3 Å². The monoisotopic (exact) mass is 483 g/mol. The van der Waals surface area contributed by atoms with Crippen LogP contribution >= 0.6 is 0 Å². The van der Waals surface area contributed by atoms with Crippen LogP contribution in [0, 0.1) is 11.6 Å². The van der Waals surface area contributed by atoms with E-state index >= 15 is 0 Å². The third kappa shape index (κ3) is 5.75. The summed E-state index contributed by atoms with van der Waals surface area (Å²) < 4.78 is 38.5. The van der Waals surface area contributed by atoms with Crippen LogP contribution in [0.5, 0.6) is 5.75 Å². The van der Waals surface area contributed by atoms with Gasteiger partial charge in [-0.05, 0) is 64.6 Å². The summed E-state index contributed by atoms with van der Waals surface area (Å²) in [4.78, 5) is 28.7. The molecule has 1 aliphatic heterocycles. The van der Waals surface area contributed by atoms with Crippen molar-refractivity contribution in [3.05, 3.63) is 88.5 Å². The van der Waals surface area contributed by atoms with Crippen LogP contribution in [-0.4, -0.2) is 35.9 Å². The third-order valence-electron chi connectivity index (χ3n) is 5.68. The molecule has 1 aliphatic rings. The fraction of sp³-hybridized carbons (Fsp3) is 0.231. The summed E-state index contributed by atoms with van der Waals surface area (Å²) in [6, 6.07) is 13.7. The van der Waals surface area contributed by atoms with Gasteiger partial charge < -0.3 is 19.4 Å². The predicted molar refractivity (Wildman–Crippen MR) is 122 cm³/mol. The van der Waals surface area contributed by atoms with Gasteiger partial charge in [-0.25, -0.2) is 13.6 Å². The van der Waals surface area contributed by atoms with E-state index in [0.29, 0.717) is 39.1 Å². The van der Waals surface area contributed by atoms with Crippen LogP contribution in [0.1, 0.15) is 22.3 Å². The highest BCUT2D eigenvalue weighted by atomic mass is 19.1. The topological polar surface area (TPSA) is 85.3 Å². The van der Waals surface area contributed by atoms with Crippen LogP contribution in [-0.2, 0) is 40.4 Å². The Morgan fingerprint density at radius 3 is 2.57 bits per heavy atom. The predicted octanol–water partition coefficient (Wildman–Crippen LogP) is 4.89. The smallest absolute Gasteiger partial charge is 0.496 e. The van der Waals surface area contributed by atoms with Crippen LogP contribution in [0.3, 0.4) is 0 Å². The van der Waals surface area contributed by atoms with Crippen LogP contribution in [0.25, 0.3) is 11.1 Å². The highest BCUT2D eigenvalue weighted by molar-refractivity contribution is 5.77. The molecule has 3 aromatic rings. The van der Waals surface area contributed by atoms with Gasteiger partial charge in [0.15, 0.2) is 0 Å². The first-order chi connectivity index (χ1) is 16.8. The lowest BCUT2D eigenvalue weighted by molar-refractivity contribution is -0.139. The highest BCUT2D eigenvalue weighted by Crippen LogP contribution is 2.37. The SMILES string of the molecule is COc1ccc(CC(=O)O)cc1-c1ccc(F)c2c1CN(OC(=O)OCc1cccc(F)c1)CC2. The number of ether oxygens (including phenoxy) is 2. The molecule has 182 valence electrons. The Bertz CT molecular complexity index is 1260. The van der Waals surface area contributed by atoms with Gasteiger partial charge in [-0.15, -0.1) is 5.06 Å². The molecule has 0 amide bonds. The van der Waals surface area contributed by atoms with E-state index in [1.807, 2.05) is 0 Å². The average Bonchev–Trinajstić information content (AvgIpc) is 2.83. The second kappa shape index (κ2) is 10.5. The summed E-state index contributed by atoms with van der Waals surface area (Å²) in [5, 5.41) is 10.5. The molecule has 7 nitrogen and oxygen atoms in total. The lowest BCUT2D eigenvalue weighted by atomic mass is 9.90. The number of carboxylic acid groups (broad SMARTS) is 1. The van der Waals surface area contributed by atoms with Crippen molar-refractivity contribution < 1.29 is 37.8 Å². The van der Waals surface area contributed by atoms with Crippen molar-refractivity contribution in [3.8, 4) is 16.9 Å². The number of benzene rings is 3. The molecule has 0 radical (unpaired) electrons. The van der Waals surface area contributed by atoms with Crippen LogP contribution in [0.4, 0.5) is 13.6 Å². The number of aliphatic carboxylic acids is 1. The molecule has 0 saturated heterocycles. The van der Waals surface area contributed by atoms with Crippen molar-refractivity contribution in [1.82, 2.24) is 5.06 Å². The van der Waals surface area contributed by atoms with E-state index in [4.69, 9.17) is 19.4 Å². The van der Waals surface area contributed by atoms with Crippen molar-refractivity contribution in [3.63, 3.8) is 0 Å². The Kier molecular flexibility index (Phi) is 7.26. The Hall–Kier alpha value is -3.98. The number of hydroxylamine groups is 2. The molecular formula is C26H23F2NO6. The maximum Gasteiger partial charge on any atom is 0.528 e. The van der Waals surface area contributed by atoms with Crippen LogP contribution < -0.4 is 4.74 Å². The standard InChI is InChI=1S/C26H23F2NO6/c1-33-24-8-5-16(13-25(30)31)12-21(24)19-6-7-23(28)20-9-10-29(14-22(19)20)35-26(32)34-15-17-3-2-4-18(27)11-17/h2-8,11-12H,9-10,13-15H2,1H3,(H,30,31). The maximum atomic E-state index is 14.6. The highest BCUT2D eigenvalue weighted by Gasteiger charge is 2.26. The van der Waals surface area contributed by atoms with E-state index in [1.165, 1.54) is 36.4 Å². The molecular weight excluding hydrogens is 460 g/mol. The number of hydrogen-bond donors (Lipinski definition) is 1. The zero-order valence-electron chi connectivity index (χ0n) is 18.9. The number of hydrogen-bond acceptors (Lipinski definition) is 6. The number of halogens is 2. The van der Waals surface area contributed by atoms with Gasteiger partial charge in [0.05, 0.1) is 20.1 Å². The molecule has 4 rings (SSSR count). The third-order valence-corrected chi connectivity index (χ3v) is 5.68. The summed E-state index contributed by atoms with van der Waals surface area (Å²) in [5.74, 6) is -1.29. The largest absolute Gasteiger partial charge is 0.528 e.